The van der Waals surface area contributed by atoms with Gasteiger partial charge in [0.25, 0.3) is 0 Å². The zero-order valence-corrected chi connectivity index (χ0v) is 16.5. The lowest BCUT2D eigenvalue weighted by Gasteiger charge is -2.31. The molecule has 9 heteroatoms. The second-order valence-corrected chi connectivity index (χ2v) is 8.97. The standard InChI is InChI=1S/C17H23N5O2S2/c1-2-14(24)22(12-6-7-12)15-20-21-16(26-15)25-10-13(23)19-17(11-18)8-4-3-5-9-17/h12H,2-10H2,1H3,(H,19,23). The van der Waals surface area contributed by atoms with E-state index in [1.54, 1.807) is 4.90 Å². The summed E-state index contributed by atoms with van der Waals surface area (Å²) in [6.07, 6.45) is 6.97. The Kier molecular flexibility index (Phi) is 6.14. The Bertz CT molecular complexity index is 704. The molecule has 7 nitrogen and oxygen atoms in total. The van der Waals surface area contributed by atoms with Gasteiger partial charge in [0.15, 0.2) is 4.34 Å². The van der Waals surface area contributed by atoms with Crippen molar-refractivity contribution in [2.45, 2.75) is 74.2 Å². The molecule has 1 aromatic rings. The fraction of sp³-hybridized carbons (Fsp3) is 0.706. The largest absolute Gasteiger partial charge is 0.337 e. The third-order valence-corrected chi connectivity index (χ3v) is 6.77. The Labute approximate surface area is 161 Å². The van der Waals surface area contributed by atoms with E-state index < -0.39 is 5.54 Å². The number of carbonyl (C=O) groups is 2. The summed E-state index contributed by atoms with van der Waals surface area (Å²) in [5.41, 5.74) is -0.710. The Morgan fingerprint density at radius 2 is 2.08 bits per heavy atom. The van der Waals surface area contributed by atoms with E-state index in [-0.39, 0.29) is 23.6 Å². The fourth-order valence-electron chi connectivity index (χ4n) is 3.18. The lowest BCUT2D eigenvalue weighted by atomic mass is 9.83. The van der Waals surface area contributed by atoms with Crippen molar-refractivity contribution < 1.29 is 9.59 Å². The van der Waals surface area contributed by atoms with Crippen LogP contribution in [0.25, 0.3) is 0 Å². The predicted molar refractivity (Wildman–Crippen MR) is 101 cm³/mol. The molecule has 26 heavy (non-hydrogen) atoms. The Hall–Kier alpha value is -1.66. The van der Waals surface area contributed by atoms with Crippen molar-refractivity contribution in [1.29, 1.82) is 5.26 Å². The van der Waals surface area contributed by atoms with E-state index in [1.165, 1.54) is 23.1 Å². The molecule has 0 aromatic carbocycles. The molecule has 0 bridgehead atoms. The van der Waals surface area contributed by atoms with Crippen LogP contribution in [0.5, 0.6) is 0 Å². The fourth-order valence-corrected chi connectivity index (χ4v) is 4.91. The Balaban J connectivity index is 1.55. The van der Waals surface area contributed by atoms with Crippen LogP contribution in [0.3, 0.4) is 0 Å². The summed E-state index contributed by atoms with van der Waals surface area (Å²) in [5.74, 6) is 0.105. The van der Waals surface area contributed by atoms with Crippen molar-refractivity contribution >= 4 is 40.0 Å². The number of nitriles is 1. The van der Waals surface area contributed by atoms with Crippen LogP contribution in [0.4, 0.5) is 5.13 Å². The van der Waals surface area contributed by atoms with Gasteiger partial charge in [-0.15, -0.1) is 10.2 Å². The third kappa shape index (κ3) is 4.54. The highest BCUT2D eigenvalue weighted by atomic mass is 32.2. The van der Waals surface area contributed by atoms with E-state index >= 15 is 0 Å². The van der Waals surface area contributed by atoms with Crippen molar-refractivity contribution in [3.8, 4) is 6.07 Å². The molecule has 3 rings (SSSR count). The second kappa shape index (κ2) is 8.35. The molecule has 2 aliphatic carbocycles. The number of nitrogens with one attached hydrogen (secondary N) is 1. The minimum atomic E-state index is -0.710. The average Bonchev–Trinajstić information content (AvgIpc) is 3.38. The Morgan fingerprint density at radius 3 is 2.69 bits per heavy atom. The van der Waals surface area contributed by atoms with Crippen molar-refractivity contribution in [1.82, 2.24) is 15.5 Å². The van der Waals surface area contributed by atoms with Crippen LogP contribution in [0.15, 0.2) is 4.34 Å². The van der Waals surface area contributed by atoms with Crippen molar-refractivity contribution in [2.24, 2.45) is 0 Å². The second-order valence-electron chi connectivity index (χ2n) is 6.79. The quantitative estimate of drug-likeness (QED) is 0.565. The Morgan fingerprint density at radius 1 is 1.35 bits per heavy atom. The van der Waals surface area contributed by atoms with Crippen molar-refractivity contribution in [3.05, 3.63) is 0 Å². The number of carbonyl (C=O) groups excluding carboxylic acids is 2. The van der Waals surface area contributed by atoms with Crippen LogP contribution in [0.2, 0.25) is 0 Å². The number of aromatic nitrogens is 2. The van der Waals surface area contributed by atoms with E-state index in [0.717, 1.165) is 44.9 Å². The summed E-state index contributed by atoms with van der Waals surface area (Å²) < 4.78 is 0.666. The van der Waals surface area contributed by atoms with Gasteiger partial charge in [-0.3, -0.25) is 14.5 Å². The highest BCUT2D eigenvalue weighted by molar-refractivity contribution is 8.01. The maximum Gasteiger partial charge on any atom is 0.231 e. The molecule has 140 valence electrons. The highest BCUT2D eigenvalue weighted by Crippen LogP contribution is 2.36. The van der Waals surface area contributed by atoms with Gasteiger partial charge in [0, 0.05) is 12.5 Å². The van der Waals surface area contributed by atoms with Gasteiger partial charge in [-0.05, 0) is 25.7 Å². The van der Waals surface area contributed by atoms with Gasteiger partial charge in [-0.25, -0.2) is 0 Å². The summed E-state index contributed by atoms with van der Waals surface area (Å²) in [5, 5.41) is 21.2. The molecule has 2 amide bonds. The van der Waals surface area contributed by atoms with E-state index in [1.807, 2.05) is 6.92 Å². The SMILES string of the molecule is CCC(=O)N(c1nnc(SCC(=O)NC2(C#N)CCCCC2)s1)C1CC1. The van der Waals surface area contributed by atoms with Crippen LogP contribution >= 0.6 is 23.1 Å². The van der Waals surface area contributed by atoms with Gasteiger partial charge >= 0.3 is 0 Å². The molecule has 0 atom stereocenters. The number of rotatable bonds is 7. The van der Waals surface area contributed by atoms with Crippen molar-refractivity contribution in [2.75, 3.05) is 10.7 Å². The molecule has 1 aromatic heterocycles. The molecule has 0 saturated heterocycles. The summed E-state index contributed by atoms with van der Waals surface area (Å²) in [6.45, 7) is 1.84. The lowest BCUT2D eigenvalue weighted by Crippen LogP contribution is -2.49. The zero-order chi connectivity index (χ0) is 18.6. The van der Waals surface area contributed by atoms with Crippen LogP contribution in [0, 0.1) is 11.3 Å². The average molecular weight is 394 g/mol. The molecular formula is C17H23N5O2S2. The molecule has 0 radical (unpaired) electrons. The lowest BCUT2D eigenvalue weighted by molar-refractivity contribution is -0.120. The summed E-state index contributed by atoms with van der Waals surface area (Å²) >= 11 is 2.65. The first kappa shape index (κ1) is 19.1. The van der Waals surface area contributed by atoms with E-state index in [2.05, 4.69) is 21.6 Å². The van der Waals surface area contributed by atoms with Gasteiger partial charge in [-0.1, -0.05) is 49.3 Å². The molecule has 0 aliphatic heterocycles. The predicted octanol–water partition coefficient (Wildman–Crippen LogP) is 2.88. The molecule has 2 saturated carbocycles. The van der Waals surface area contributed by atoms with Crippen LogP contribution in [0.1, 0.15) is 58.3 Å². The number of anilines is 1. The normalized spacial score (nSPS) is 18.8. The topological polar surface area (TPSA) is 99.0 Å². The van der Waals surface area contributed by atoms with Gasteiger partial charge in [0.2, 0.25) is 16.9 Å². The first-order valence-corrected chi connectivity index (χ1v) is 10.9. The molecular weight excluding hydrogens is 370 g/mol. The van der Waals surface area contributed by atoms with E-state index in [0.29, 0.717) is 15.9 Å². The monoisotopic (exact) mass is 393 g/mol. The van der Waals surface area contributed by atoms with Gasteiger partial charge in [0.05, 0.1) is 11.8 Å². The molecule has 2 fully saturated rings. The zero-order valence-electron chi connectivity index (χ0n) is 14.9. The minimum Gasteiger partial charge on any atom is -0.337 e. The maximum atomic E-state index is 12.3. The summed E-state index contributed by atoms with van der Waals surface area (Å²) in [4.78, 5) is 26.1. The van der Waals surface area contributed by atoms with Gasteiger partial charge < -0.3 is 5.32 Å². The summed E-state index contributed by atoms with van der Waals surface area (Å²) in [6, 6.07) is 2.54. The van der Waals surface area contributed by atoms with Gasteiger partial charge in [-0.2, -0.15) is 5.26 Å². The molecule has 0 spiro atoms. The third-order valence-electron chi connectivity index (χ3n) is 4.71. The highest BCUT2D eigenvalue weighted by Gasteiger charge is 2.35. The first-order valence-electron chi connectivity index (χ1n) is 9.07. The maximum absolute atomic E-state index is 12.3. The van der Waals surface area contributed by atoms with Crippen molar-refractivity contribution in [3.63, 3.8) is 0 Å². The number of hydrogen-bond acceptors (Lipinski definition) is 7. The van der Waals surface area contributed by atoms with Crippen LogP contribution in [-0.2, 0) is 9.59 Å². The van der Waals surface area contributed by atoms with Crippen LogP contribution < -0.4 is 10.2 Å². The van der Waals surface area contributed by atoms with Crippen LogP contribution in [-0.4, -0.2) is 39.3 Å². The molecule has 1 N–H and O–H groups in total. The molecule has 2 aliphatic rings. The molecule has 1 heterocycles. The number of nitrogens with zero attached hydrogens (tertiary/aromatic N) is 4. The van der Waals surface area contributed by atoms with E-state index in [4.69, 9.17) is 0 Å². The number of hydrogen-bond donors (Lipinski definition) is 1. The number of amides is 2. The summed E-state index contributed by atoms with van der Waals surface area (Å²) in [7, 11) is 0. The first-order chi connectivity index (χ1) is 12.6. The minimum absolute atomic E-state index is 0.0613. The number of thioether (sulfide) groups is 1. The van der Waals surface area contributed by atoms with Gasteiger partial charge in [0.1, 0.15) is 5.54 Å². The van der Waals surface area contributed by atoms with E-state index in [9.17, 15) is 14.9 Å². The smallest absolute Gasteiger partial charge is 0.231 e. The molecule has 0 unspecified atom stereocenters.